The molecule has 2 heterocycles. The molecule has 0 fully saturated rings. The number of methoxy groups -OCH3 is 1. The number of hydrogen-bond acceptors (Lipinski definition) is 6. The van der Waals surface area contributed by atoms with Crippen LogP contribution < -0.4 is 0 Å². The molecule has 2 rings (SSSR count). The lowest BCUT2D eigenvalue weighted by atomic mass is 10.2. The highest BCUT2D eigenvalue weighted by Gasteiger charge is 2.17. The molecule has 0 amide bonds. The second-order valence-electron chi connectivity index (χ2n) is 2.68. The van der Waals surface area contributed by atoms with Crippen molar-refractivity contribution in [2.75, 3.05) is 7.11 Å². The number of ether oxygens (including phenoxy) is 1. The van der Waals surface area contributed by atoms with E-state index in [0.717, 1.165) is 17.1 Å². The molecule has 0 atom stereocenters. The Morgan fingerprint density at radius 1 is 1.40 bits per heavy atom. The average molecular weight is 221 g/mol. The minimum atomic E-state index is -0.420. The van der Waals surface area contributed by atoms with Crippen LogP contribution >= 0.6 is 11.5 Å². The summed E-state index contributed by atoms with van der Waals surface area (Å²) in [5.74, 6) is -0.420. The standard InChI is InChI=1S/C9H7N3O2S/c1-14-9(13)8-7(11-12-15-8)6-2-4-10-5-3-6/h2-5H,1H3. The van der Waals surface area contributed by atoms with Crippen molar-refractivity contribution in [1.29, 1.82) is 0 Å². The third kappa shape index (κ3) is 1.84. The van der Waals surface area contributed by atoms with Gasteiger partial charge in [0.15, 0.2) is 4.88 Å². The number of aromatic nitrogens is 3. The first kappa shape index (κ1) is 9.72. The molecule has 6 heteroatoms. The zero-order valence-corrected chi connectivity index (χ0v) is 8.69. The summed E-state index contributed by atoms with van der Waals surface area (Å²) in [5.41, 5.74) is 1.34. The van der Waals surface area contributed by atoms with Gasteiger partial charge in [-0.1, -0.05) is 4.49 Å². The summed E-state index contributed by atoms with van der Waals surface area (Å²) in [4.78, 5) is 15.7. The highest BCUT2D eigenvalue weighted by molar-refractivity contribution is 7.08. The summed E-state index contributed by atoms with van der Waals surface area (Å²) in [5, 5.41) is 3.90. The Balaban J connectivity index is 2.46. The normalized spacial score (nSPS) is 9.93. The van der Waals surface area contributed by atoms with Crippen LogP contribution in [-0.2, 0) is 4.74 Å². The molecular weight excluding hydrogens is 214 g/mol. The Hall–Kier alpha value is -1.82. The topological polar surface area (TPSA) is 65.0 Å². The first-order valence-electron chi connectivity index (χ1n) is 4.14. The van der Waals surface area contributed by atoms with Crippen molar-refractivity contribution in [3.63, 3.8) is 0 Å². The van der Waals surface area contributed by atoms with Gasteiger partial charge in [-0.2, -0.15) is 0 Å². The van der Waals surface area contributed by atoms with Crippen LogP contribution in [-0.4, -0.2) is 27.7 Å². The van der Waals surface area contributed by atoms with Crippen molar-refractivity contribution in [3.8, 4) is 11.3 Å². The largest absolute Gasteiger partial charge is 0.465 e. The predicted molar refractivity (Wildman–Crippen MR) is 54.5 cm³/mol. The molecule has 0 N–H and O–H groups in total. The Kier molecular flexibility index (Phi) is 2.68. The molecule has 0 radical (unpaired) electrons. The molecule has 0 bridgehead atoms. The summed E-state index contributed by atoms with van der Waals surface area (Å²) in [7, 11) is 1.33. The maximum atomic E-state index is 11.4. The summed E-state index contributed by atoms with van der Waals surface area (Å²) < 4.78 is 8.37. The van der Waals surface area contributed by atoms with E-state index in [2.05, 4.69) is 19.3 Å². The van der Waals surface area contributed by atoms with Crippen molar-refractivity contribution in [3.05, 3.63) is 29.4 Å². The molecule has 2 aromatic heterocycles. The van der Waals surface area contributed by atoms with Crippen LogP contribution in [0.4, 0.5) is 0 Å². The molecule has 0 aromatic carbocycles. The molecule has 5 nitrogen and oxygen atoms in total. The molecular formula is C9H7N3O2S. The minimum absolute atomic E-state index is 0.406. The molecule has 0 aliphatic heterocycles. The monoisotopic (exact) mass is 221 g/mol. The quantitative estimate of drug-likeness (QED) is 0.717. The van der Waals surface area contributed by atoms with E-state index in [9.17, 15) is 4.79 Å². The van der Waals surface area contributed by atoms with Gasteiger partial charge in [0.1, 0.15) is 5.69 Å². The molecule has 0 aliphatic rings. The lowest BCUT2D eigenvalue weighted by Crippen LogP contribution is -2.00. The maximum Gasteiger partial charge on any atom is 0.352 e. The Morgan fingerprint density at radius 3 is 2.80 bits per heavy atom. The van der Waals surface area contributed by atoms with Gasteiger partial charge < -0.3 is 4.74 Å². The third-order valence-electron chi connectivity index (χ3n) is 1.81. The van der Waals surface area contributed by atoms with Gasteiger partial charge in [-0.25, -0.2) is 4.79 Å². The highest BCUT2D eigenvalue weighted by Crippen LogP contribution is 2.23. The van der Waals surface area contributed by atoms with Crippen molar-refractivity contribution in [2.24, 2.45) is 0 Å². The van der Waals surface area contributed by atoms with Gasteiger partial charge in [-0.3, -0.25) is 4.98 Å². The van der Waals surface area contributed by atoms with E-state index in [4.69, 9.17) is 0 Å². The molecule has 2 aromatic rings. The number of nitrogens with zero attached hydrogens (tertiary/aromatic N) is 3. The van der Waals surface area contributed by atoms with Crippen molar-refractivity contribution >= 4 is 17.5 Å². The lowest BCUT2D eigenvalue weighted by Gasteiger charge is -1.98. The first-order valence-corrected chi connectivity index (χ1v) is 4.91. The van der Waals surface area contributed by atoms with Crippen LogP contribution in [0, 0.1) is 0 Å². The van der Waals surface area contributed by atoms with E-state index >= 15 is 0 Å². The fourth-order valence-electron chi connectivity index (χ4n) is 1.12. The van der Waals surface area contributed by atoms with Crippen LogP contribution in [0.25, 0.3) is 11.3 Å². The number of hydrogen-bond donors (Lipinski definition) is 0. The highest BCUT2D eigenvalue weighted by atomic mass is 32.1. The van der Waals surface area contributed by atoms with Crippen LogP contribution in [0.3, 0.4) is 0 Å². The molecule has 0 spiro atoms. The van der Waals surface area contributed by atoms with Gasteiger partial charge in [0, 0.05) is 18.0 Å². The molecule has 76 valence electrons. The van der Waals surface area contributed by atoms with Crippen LogP contribution in [0.5, 0.6) is 0 Å². The van der Waals surface area contributed by atoms with Gasteiger partial charge in [0.05, 0.1) is 7.11 Å². The summed E-state index contributed by atoms with van der Waals surface area (Å²) >= 11 is 1.02. The smallest absolute Gasteiger partial charge is 0.352 e. The Morgan fingerprint density at radius 2 is 2.13 bits per heavy atom. The van der Waals surface area contributed by atoms with Crippen molar-refractivity contribution in [1.82, 2.24) is 14.6 Å². The molecule has 0 unspecified atom stereocenters. The lowest BCUT2D eigenvalue weighted by molar-refractivity contribution is 0.0607. The molecule has 15 heavy (non-hydrogen) atoms. The fourth-order valence-corrected chi connectivity index (χ4v) is 1.72. The summed E-state index contributed by atoms with van der Waals surface area (Å²) in [6, 6.07) is 3.53. The van der Waals surface area contributed by atoms with Gasteiger partial charge in [0.25, 0.3) is 0 Å². The number of carbonyl (C=O) groups excluding carboxylic acids is 1. The van der Waals surface area contributed by atoms with Gasteiger partial charge in [0.2, 0.25) is 0 Å². The van der Waals surface area contributed by atoms with Gasteiger partial charge in [-0.15, -0.1) is 5.10 Å². The first-order chi connectivity index (χ1) is 7.33. The summed E-state index contributed by atoms with van der Waals surface area (Å²) in [6.07, 6.45) is 3.27. The van der Waals surface area contributed by atoms with Gasteiger partial charge >= 0.3 is 5.97 Å². The Labute approximate surface area is 89.9 Å². The zero-order valence-electron chi connectivity index (χ0n) is 7.88. The van der Waals surface area contributed by atoms with E-state index in [1.54, 1.807) is 24.5 Å². The second kappa shape index (κ2) is 4.14. The third-order valence-corrected chi connectivity index (χ3v) is 2.52. The van der Waals surface area contributed by atoms with E-state index < -0.39 is 5.97 Å². The second-order valence-corrected chi connectivity index (χ2v) is 3.43. The number of carbonyl (C=O) groups is 1. The number of rotatable bonds is 2. The van der Waals surface area contributed by atoms with E-state index in [1.165, 1.54) is 7.11 Å². The maximum absolute atomic E-state index is 11.4. The van der Waals surface area contributed by atoms with Crippen LogP contribution in [0.15, 0.2) is 24.5 Å². The minimum Gasteiger partial charge on any atom is -0.465 e. The number of pyridine rings is 1. The van der Waals surface area contributed by atoms with Gasteiger partial charge in [-0.05, 0) is 23.7 Å². The SMILES string of the molecule is COC(=O)c1snnc1-c1ccncc1. The van der Waals surface area contributed by atoms with Crippen molar-refractivity contribution in [2.45, 2.75) is 0 Å². The van der Waals surface area contributed by atoms with Crippen LogP contribution in [0.2, 0.25) is 0 Å². The Bertz CT molecular complexity index is 469. The molecule has 0 aliphatic carbocycles. The summed E-state index contributed by atoms with van der Waals surface area (Å²) in [6.45, 7) is 0. The van der Waals surface area contributed by atoms with E-state index in [0.29, 0.717) is 10.6 Å². The number of esters is 1. The van der Waals surface area contributed by atoms with Crippen LogP contribution in [0.1, 0.15) is 9.67 Å². The van der Waals surface area contributed by atoms with E-state index in [-0.39, 0.29) is 0 Å². The zero-order chi connectivity index (χ0) is 10.7. The predicted octanol–water partition coefficient (Wildman–Crippen LogP) is 1.39. The fraction of sp³-hybridized carbons (Fsp3) is 0.111. The molecule has 0 saturated carbocycles. The molecule has 0 saturated heterocycles. The average Bonchev–Trinajstić information content (AvgIpc) is 2.78. The van der Waals surface area contributed by atoms with Crippen molar-refractivity contribution < 1.29 is 9.53 Å². The van der Waals surface area contributed by atoms with E-state index in [1.807, 2.05) is 0 Å².